The van der Waals surface area contributed by atoms with E-state index in [0.29, 0.717) is 28.3 Å². The maximum atomic E-state index is 13.4. The van der Waals surface area contributed by atoms with E-state index in [-0.39, 0.29) is 0 Å². The first kappa shape index (κ1) is 29.4. The highest BCUT2D eigenvalue weighted by Gasteiger charge is 2.33. The number of hydrogen-bond acceptors (Lipinski definition) is 7. The number of anilines is 1. The van der Waals surface area contributed by atoms with E-state index in [1.165, 1.54) is 29.1 Å². The number of hydrogen-bond donors (Lipinski definition) is 1. The lowest BCUT2D eigenvalue weighted by molar-refractivity contribution is 0.564. The molecule has 5 aromatic rings. The zero-order valence-corrected chi connectivity index (χ0v) is 26.2. The van der Waals surface area contributed by atoms with Gasteiger partial charge >= 0.3 is 0 Å². The van der Waals surface area contributed by atoms with E-state index in [2.05, 4.69) is 46.8 Å². The summed E-state index contributed by atoms with van der Waals surface area (Å²) in [5.41, 5.74) is 2.48. The van der Waals surface area contributed by atoms with Gasteiger partial charge in [-0.2, -0.15) is 0 Å². The van der Waals surface area contributed by atoms with Gasteiger partial charge in [-0.3, -0.25) is 4.31 Å². The number of nitrogens with zero attached hydrogens (tertiary/aromatic N) is 4. The smallest absolute Gasteiger partial charge is 0.273 e. The average Bonchev–Trinajstić information content (AvgIpc) is 3.39. The third kappa shape index (κ3) is 6.88. The van der Waals surface area contributed by atoms with Crippen LogP contribution in [0, 0.1) is 5.92 Å². The highest BCUT2D eigenvalue weighted by Crippen LogP contribution is 2.39. The van der Waals surface area contributed by atoms with Gasteiger partial charge in [0.25, 0.3) is 10.0 Å². The minimum absolute atomic E-state index is 0.384. The van der Waals surface area contributed by atoms with E-state index < -0.39 is 10.0 Å². The van der Waals surface area contributed by atoms with Crippen molar-refractivity contribution in [2.75, 3.05) is 10.8 Å². The number of H-pyrrole nitrogens is 1. The molecule has 10 heteroatoms. The van der Waals surface area contributed by atoms with Gasteiger partial charge < -0.3 is 4.98 Å². The van der Waals surface area contributed by atoms with Gasteiger partial charge in [-0.1, -0.05) is 45.4 Å². The van der Waals surface area contributed by atoms with Gasteiger partial charge in [0.15, 0.2) is 0 Å². The van der Waals surface area contributed by atoms with Gasteiger partial charge in [0, 0.05) is 41.3 Å². The van der Waals surface area contributed by atoms with Gasteiger partial charge in [0.2, 0.25) is 0 Å². The van der Waals surface area contributed by atoms with Crippen molar-refractivity contribution in [2.24, 2.45) is 5.92 Å². The fourth-order valence-electron chi connectivity index (χ4n) is 4.82. The third-order valence-electron chi connectivity index (χ3n) is 7.28. The monoisotopic (exact) mass is 607 g/mol. The Morgan fingerprint density at radius 3 is 2.49 bits per heavy atom. The number of aromatic nitrogens is 4. The number of thiophene rings is 1. The molecular weight excluding hydrogens is 571 g/mol. The van der Waals surface area contributed by atoms with Gasteiger partial charge in [0.1, 0.15) is 15.0 Å². The molecule has 0 bridgehead atoms. The van der Waals surface area contributed by atoms with Crippen LogP contribution in [0.2, 0.25) is 0 Å². The van der Waals surface area contributed by atoms with Crippen molar-refractivity contribution >= 4 is 49.3 Å². The maximum absolute atomic E-state index is 13.4. The second-order valence-electron chi connectivity index (χ2n) is 10.3. The van der Waals surface area contributed by atoms with Crippen LogP contribution in [0.1, 0.15) is 69.5 Å². The molecule has 0 spiro atoms. The topological polar surface area (TPSA) is 91.8 Å². The fourth-order valence-corrected chi connectivity index (χ4v) is 8.30. The largest absolute Gasteiger partial charge is 0.351 e. The molecule has 1 atom stereocenters. The van der Waals surface area contributed by atoms with Crippen LogP contribution in [0.15, 0.2) is 70.6 Å². The molecule has 216 valence electrons. The molecule has 1 N–H and O–H groups in total. The van der Waals surface area contributed by atoms with Gasteiger partial charge in [-0.15, -0.1) is 22.7 Å². The minimum Gasteiger partial charge on any atom is -0.351 e. The normalized spacial score (nSPS) is 14.0. The summed E-state index contributed by atoms with van der Waals surface area (Å²) >= 11 is 2.93. The van der Waals surface area contributed by atoms with Crippen molar-refractivity contribution in [3.63, 3.8) is 0 Å². The van der Waals surface area contributed by atoms with Crippen LogP contribution in [-0.2, 0) is 16.4 Å². The Labute approximate surface area is 250 Å². The van der Waals surface area contributed by atoms with Crippen LogP contribution < -0.4 is 4.31 Å². The molecule has 4 heterocycles. The van der Waals surface area contributed by atoms with E-state index in [9.17, 15) is 8.42 Å². The highest BCUT2D eigenvalue weighted by atomic mass is 32.2. The molecule has 6 rings (SSSR count). The standard InChI is InChI=1S/C21H21N3O2S3.C10H16N2/c1-2-16-12-22-21(28-16)17-11-15-5-3-6-18(20(15)23-17)24(13-14-8-9-14)29(25,26)19-7-4-10-27-19;1-3-6-9(4-2)10-11-7-5-8-12-10/h3-7,10-12,14,23H,2,8-9,13H2,1H3;5,7-9H,3-4,6H2,1-2H3. The molecule has 1 aliphatic carbocycles. The Balaban J connectivity index is 0.000000237. The lowest BCUT2D eigenvalue weighted by Gasteiger charge is -2.24. The molecule has 41 heavy (non-hydrogen) atoms. The Bertz CT molecular complexity index is 1640. The van der Waals surface area contributed by atoms with Crippen LogP contribution in [0.3, 0.4) is 0 Å². The summed E-state index contributed by atoms with van der Waals surface area (Å²) in [7, 11) is -3.59. The van der Waals surface area contributed by atoms with Crippen LogP contribution in [0.25, 0.3) is 21.6 Å². The summed E-state index contributed by atoms with van der Waals surface area (Å²) in [5.74, 6) is 1.98. The summed E-state index contributed by atoms with van der Waals surface area (Å²) in [5, 5.41) is 3.73. The van der Waals surface area contributed by atoms with E-state index >= 15 is 0 Å². The number of nitrogens with one attached hydrogen (secondary N) is 1. The van der Waals surface area contributed by atoms with Crippen molar-refractivity contribution in [1.82, 2.24) is 19.9 Å². The Morgan fingerprint density at radius 1 is 1.05 bits per heavy atom. The number of para-hydroxylation sites is 1. The first-order valence-electron chi connectivity index (χ1n) is 14.3. The predicted octanol–water partition coefficient (Wildman–Crippen LogP) is 8.29. The number of aryl methyl sites for hydroxylation is 1. The first-order chi connectivity index (χ1) is 19.9. The van der Waals surface area contributed by atoms with E-state index in [4.69, 9.17) is 0 Å². The molecular formula is C31H37N5O2S3. The summed E-state index contributed by atoms with van der Waals surface area (Å²) in [6, 6.07) is 13.2. The molecule has 1 saturated carbocycles. The van der Waals surface area contributed by atoms with Crippen LogP contribution in [0.5, 0.6) is 0 Å². The molecule has 1 unspecified atom stereocenters. The van der Waals surface area contributed by atoms with E-state index in [0.717, 1.165) is 53.1 Å². The van der Waals surface area contributed by atoms with Crippen molar-refractivity contribution in [2.45, 2.75) is 69.4 Å². The molecule has 0 aliphatic heterocycles. The number of aromatic amines is 1. The number of rotatable bonds is 11. The van der Waals surface area contributed by atoms with E-state index in [1.54, 1.807) is 27.8 Å². The molecule has 4 aromatic heterocycles. The first-order valence-corrected chi connectivity index (χ1v) is 17.5. The quantitative estimate of drug-likeness (QED) is 0.163. The molecule has 1 aliphatic rings. The molecule has 7 nitrogen and oxygen atoms in total. The Morgan fingerprint density at radius 2 is 1.85 bits per heavy atom. The van der Waals surface area contributed by atoms with Crippen molar-refractivity contribution in [3.05, 3.63) is 77.1 Å². The molecule has 1 aromatic carbocycles. The van der Waals surface area contributed by atoms with Crippen LogP contribution in [-0.4, -0.2) is 34.9 Å². The zero-order valence-electron chi connectivity index (χ0n) is 23.8. The average molecular weight is 608 g/mol. The van der Waals surface area contributed by atoms with Crippen molar-refractivity contribution < 1.29 is 8.42 Å². The van der Waals surface area contributed by atoms with Crippen molar-refractivity contribution in [1.29, 1.82) is 0 Å². The molecule has 0 radical (unpaired) electrons. The lowest BCUT2D eigenvalue weighted by atomic mass is 10.00. The van der Waals surface area contributed by atoms with Gasteiger partial charge in [0.05, 0.1) is 16.9 Å². The maximum Gasteiger partial charge on any atom is 0.273 e. The number of benzene rings is 1. The van der Waals surface area contributed by atoms with E-state index in [1.807, 2.05) is 48.2 Å². The molecule has 0 saturated heterocycles. The zero-order chi connectivity index (χ0) is 28.8. The van der Waals surface area contributed by atoms with Crippen molar-refractivity contribution in [3.8, 4) is 10.7 Å². The number of fused-ring (bicyclic) bond motifs is 1. The molecule has 0 amide bonds. The SMILES string of the molecule is CCCC(CC)c1ncccn1.CCc1cnc(-c2cc3cccc(N(CC4CC4)S(=O)(=O)c4cccs4)c3[nH]2)s1. The molecule has 1 fully saturated rings. The summed E-state index contributed by atoms with van der Waals surface area (Å²) in [6.07, 6.45) is 12.2. The Hall–Kier alpha value is -3.08. The number of thiazole rings is 1. The minimum atomic E-state index is -3.59. The number of sulfonamides is 1. The summed E-state index contributed by atoms with van der Waals surface area (Å²) < 4.78 is 28.8. The summed E-state index contributed by atoms with van der Waals surface area (Å²) in [6.45, 7) is 7.03. The highest BCUT2D eigenvalue weighted by molar-refractivity contribution is 7.94. The fraction of sp³-hybridized carbons (Fsp3) is 0.387. The third-order valence-corrected chi connectivity index (χ3v) is 11.6. The van der Waals surface area contributed by atoms with Crippen LogP contribution in [0.4, 0.5) is 5.69 Å². The second kappa shape index (κ2) is 13.3. The second-order valence-corrected chi connectivity index (χ2v) is 14.5. The summed E-state index contributed by atoms with van der Waals surface area (Å²) in [4.78, 5) is 17.7. The van der Waals surface area contributed by atoms with Gasteiger partial charge in [-0.05, 0) is 67.7 Å². The van der Waals surface area contributed by atoms with Gasteiger partial charge in [-0.25, -0.2) is 23.4 Å². The van der Waals surface area contributed by atoms with Crippen LogP contribution >= 0.6 is 22.7 Å². The lowest BCUT2D eigenvalue weighted by Crippen LogP contribution is -2.32. The Kier molecular flexibility index (Phi) is 9.52. The predicted molar refractivity (Wildman–Crippen MR) is 170 cm³/mol.